The monoisotopic (exact) mass is 240 g/mol. The summed E-state index contributed by atoms with van der Waals surface area (Å²) in [6.07, 6.45) is 3.73. The molecule has 1 rings (SSSR count). The highest BCUT2D eigenvalue weighted by molar-refractivity contribution is 6.30. The molecule has 3 heteroatoms. The molecule has 0 heterocycles. The first-order chi connectivity index (χ1) is 7.61. The molecule has 0 radical (unpaired) electrons. The minimum Gasteiger partial charge on any atom is -0.399 e. The van der Waals surface area contributed by atoms with Crippen LogP contribution in [0.4, 0.5) is 5.69 Å². The first-order valence-electron chi connectivity index (χ1n) is 5.90. The van der Waals surface area contributed by atoms with E-state index in [1.807, 2.05) is 12.1 Å². The lowest BCUT2D eigenvalue weighted by atomic mass is 10.1. The Bertz CT molecular complexity index is 305. The van der Waals surface area contributed by atoms with Gasteiger partial charge in [0, 0.05) is 23.3 Å². The number of anilines is 1. The van der Waals surface area contributed by atoms with Gasteiger partial charge in [-0.1, -0.05) is 31.4 Å². The summed E-state index contributed by atoms with van der Waals surface area (Å²) >= 11 is 5.94. The molecule has 1 aromatic rings. The molecule has 0 saturated heterocycles. The van der Waals surface area contributed by atoms with Gasteiger partial charge in [0.15, 0.2) is 0 Å². The summed E-state index contributed by atoms with van der Waals surface area (Å²) in [5, 5.41) is 4.18. The molecule has 1 atom stereocenters. The molecule has 0 aliphatic carbocycles. The molecule has 0 aliphatic rings. The first-order valence-corrected chi connectivity index (χ1v) is 6.28. The second-order valence-electron chi connectivity index (χ2n) is 4.32. The van der Waals surface area contributed by atoms with E-state index in [0.717, 1.165) is 17.8 Å². The molecule has 0 bridgehead atoms. The molecule has 1 unspecified atom stereocenters. The Morgan fingerprint density at radius 3 is 2.75 bits per heavy atom. The molecule has 0 aliphatic heterocycles. The van der Waals surface area contributed by atoms with Crippen LogP contribution in [0.5, 0.6) is 0 Å². The van der Waals surface area contributed by atoms with Crippen LogP contribution in [-0.2, 0) is 6.54 Å². The van der Waals surface area contributed by atoms with Crippen LogP contribution < -0.4 is 11.1 Å². The molecule has 2 nitrogen and oxygen atoms in total. The van der Waals surface area contributed by atoms with E-state index in [4.69, 9.17) is 17.3 Å². The Kier molecular flexibility index (Phi) is 5.64. The second-order valence-corrected chi connectivity index (χ2v) is 4.75. The van der Waals surface area contributed by atoms with Crippen LogP contribution in [0.25, 0.3) is 0 Å². The fourth-order valence-electron chi connectivity index (χ4n) is 1.68. The zero-order valence-electron chi connectivity index (χ0n) is 10.1. The van der Waals surface area contributed by atoms with Crippen molar-refractivity contribution in [2.24, 2.45) is 0 Å². The van der Waals surface area contributed by atoms with Crippen molar-refractivity contribution in [3.8, 4) is 0 Å². The third-order valence-electron chi connectivity index (χ3n) is 2.63. The Balaban J connectivity index is 2.41. The first kappa shape index (κ1) is 13.3. The van der Waals surface area contributed by atoms with Gasteiger partial charge in [-0.25, -0.2) is 0 Å². The largest absolute Gasteiger partial charge is 0.399 e. The van der Waals surface area contributed by atoms with Gasteiger partial charge in [-0.15, -0.1) is 0 Å². The SMILES string of the molecule is CCCCC(C)NCc1cc(N)cc(Cl)c1. The number of halogens is 1. The van der Waals surface area contributed by atoms with E-state index in [-0.39, 0.29) is 0 Å². The average Bonchev–Trinajstić information content (AvgIpc) is 2.22. The molecular weight excluding hydrogens is 220 g/mol. The van der Waals surface area contributed by atoms with Crippen LogP contribution in [0, 0.1) is 0 Å². The van der Waals surface area contributed by atoms with Crippen molar-refractivity contribution in [3.63, 3.8) is 0 Å². The highest BCUT2D eigenvalue weighted by Gasteiger charge is 2.02. The van der Waals surface area contributed by atoms with Crippen molar-refractivity contribution in [1.29, 1.82) is 0 Å². The van der Waals surface area contributed by atoms with E-state index < -0.39 is 0 Å². The smallest absolute Gasteiger partial charge is 0.0429 e. The highest BCUT2D eigenvalue weighted by Crippen LogP contribution is 2.16. The standard InChI is InChI=1S/C13H21ClN2/c1-3-4-5-10(2)16-9-11-6-12(14)8-13(15)7-11/h6-8,10,16H,3-5,9,15H2,1-2H3. The molecule has 90 valence electrons. The lowest BCUT2D eigenvalue weighted by Gasteiger charge is -2.13. The van der Waals surface area contributed by atoms with Crippen molar-refractivity contribution in [3.05, 3.63) is 28.8 Å². The quantitative estimate of drug-likeness (QED) is 0.746. The number of nitrogens with two attached hydrogens (primary N) is 1. The topological polar surface area (TPSA) is 38.0 Å². The maximum Gasteiger partial charge on any atom is 0.0429 e. The maximum atomic E-state index is 5.94. The summed E-state index contributed by atoms with van der Waals surface area (Å²) in [6.45, 7) is 5.25. The van der Waals surface area contributed by atoms with Gasteiger partial charge >= 0.3 is 0 Å². The Labute approximate surface area is 103 Å². The lowest BCUT2D eigenvalue weighted by molar-refractivity contribution is 0.495. The van der Waals surface area contributed by atoms with Crippen LogP contribution in [0.2, 0.25) is 5.02 Å². The number of rotatable bonds is 6. The van der Waals surface area contributed by atoms with Crippen molar-refractivity contribution >= 4 is 17.3 Å². The molecule has 3 N–H and O–H groups in total. The summed E-state index contributed by atoms with van der Waals surface area (Å²) in [5.41, 5.74) is 7.61. The van der Waals surface area contributed by atoms with E-state index in [1.54, 1.807) is 6.07 Å². The van der Waals surface area contributed by atoms with Gasteiger partial charge in [0.05, 0.1) is 0 Å². The Morgan fingerprint density at radius 1 is 1.38 bits per heavy atom. The van der Waals surface area contributed by atoms with Gasteiger partial charge < -0.3 is 11.1 Å². The van der Waals surface area contributed by atoms with Gasteiger partial charge in [-0.2, -0.15) is 0 Å². The van der Waals surface area contributed by atoms with E-state index >= 15 is 0 Å². The predicted octanol–water partition coefficient (Wildman–Crippen LogP) is 3.59. The summed E-state index contributed by atoms with van der Waals surface area (Å²) in [4.78, 5) is 0. The number of nitrogens with one attached hydrogen (secondary N) is 1. The van der Waals surface area contributed by atoms with Gasteiger partial charge in [-0.05, 0) is 37.1 Å². The van der Waals surface area contributed by atoms with Crippen molar-refractivity contribution in [1.82, 2.24) is 5.32 Å². The fourth-order valence-corrected chi connectivity index (χ4v) is 1.95. The Morgan fingerprint density at radius 2 is 2.12 bits per heavy atom. The van der Waals surface area contributed by atoms with Gasteiger partial charge in [-0.3, -0.25) is 0 Å². The van der Waals surface area contributed by atoms with Gasteiger partial charge in [0.1, 0.15) is 0 Å². The normalized spacial score (nSPS) is 12.7. The summed E-state index contributed by atoms with van der Waals surface area (Å²) in [7, 11) is 0. The van der Waals surface area contributed by atoms with Crippen LogP contribution in [-0.4, -0.2) is 6.04 Å². The third-order valence-corrected chi connectivity index (χ3v) is 2.84. The highest BCUT2D eigenvalue weighted by atomic mass is 35.5. The maximum absolute atomic E-state index is 5.94. The van der Waals surface area contributed by atoms with E-state index in [9.17, 15) is 0 Å². The molecule has 0 amide bonds. The summed E-state index contributed by atoms with van der Waals surface area (Å²) in [6, 6.07) is 6.23. The van der Waals surface area contributed by atoms with E-state index in [2.05, 4.69) is 19.2 Å². The molecule has 1 aromatic carbocycles. The molecule has 0 aromatic heterocycles. The minimum atomic E-state index is 0.542. The predicted molar refractivity (Wildman–Crippen MR) is 71.7 cm³/mol. The summed E-state index contributed by atoms with van der Waals surface area (Å²) in [5.74, 6) is 0. The second kappa shape index (κ2) is 6.77. The minimum absolute atomic E-state index is 0.542. The molecule has 0 saturated carbocycles. The fraction of sp³-hybridized carbons (Fsp3) is 0.538. The number of hydrogen-bond acceptors (Lipinski definition) is 2. The van der Waals surface area contributed by atoms with Crippen molar-refractivity contribution < 1.29 is 0 Å². The number of benzene rings is 1. The van der Waals surface area contributed by atoms with Crippen molar-refractivity contribution in [2.75, 3.05) is 5.73 Å². The molecule has 16 heavy (non-hydrogen) atoms. The average molecular weight is 241 g/mol. The van der Waals surface area contributed by atoms with Crippen LogP contribution in [0.15, 0.2) is 18.2 Å². The number of unbranched alkanes of at least 4 members (excludes halogenated alkanes) is 1. The summed E-state index contributed by atoms with van der Waals surface area (Å²) < 4.78 is 0. The molecular formula is C13H21ClN2. The zero-order valence-corrected chi connectivity index (χ0v) is 10.8. The van der Waals surface area contributed by atoms with Crippen LogP contribution in [0.1, 0.15) is 38.7 Å². The third kappa shape index (κ3) is 4.86. The van der Waals surface area contributed by atoms with Crippen LogP contribution in [0.3, 0.4) is 0 Å². The van der Waals surface area contributed by atoms with Crippen molar-refractivity contribution in [2.45, 2.75) is 45.7 Å². The number of nitrogen functional groups attached to an aromatic ring is 1. The van der Waals surface area contributed by atoms with Crippen LogP contribution >= 0.6 is 11.6 Å². The zero-order chi connectivity index (χ0) is 12.0. The van der Waals surface area contributed by atoms with E-state index in [0.29, 0.717) is 11.1 Å². The number of hydrogen-bond donors (Lipinski definition) is 2. The van der Waals surface area contributed by atoms with Gasteiger partial charge in [0.25, 0.3) is 0 Å². The van der Waals surface area contributed by atoms with E-state index in [1.165, 1.54) is 19.3 Å². The lowest BCUT2D eigenvalue weighted by Crippen LogP contribution is -2.25. The van der Waals surface area contributed by atoms with Gasteiger partial charge in [0.2, 0.25) is 0 Å². The Hall–Kier alpha value is -0.730. The molecule has 0 fully saturated rings. The molecule has 0 spiro atoms.